The van der Waals surface area contributed by atoms with E-state index < -0.39 is 0 Å². The SMILES string of the molecule is C1CC2C3CC4CC(C13)C2C4. The Hall–Kier alpha value is 0. The molecule has 0 aromatic rings. The van der Waals surface area contributed by atoms with Gasteiger partial charge in [0.05, 0.1) is 0 Å². The number of rotatable bonds is 0. The van der Waals surface area contributed by atoms with Gasteiger partial charge in [-0.1, -0.05) is 0 Å². The first-order valence-electron chi connectivity index (χ1n) is 5.43. The van der Waals surface area contributed by atoms with Crippen molar-refractivity contribution in [1.82, 2.24) is 0 Å². The zero-order chi connectivity index (χ0) is 7.00. The first-order valence-corrected chi connectivity index (χ1v) is 5.43. The Morgan fingerprint density at radius 3 is 1.45 bits per heavy atom. The van der Waals surface area contributed by atoms with Crippen molar-refractivity contribution in [2.24, 2.45) is 35.5 Å². The number of hydrogen-bond acceptors (Lipinski definition) is 0. The van der Waals surface area contributed by atoms with E-state index in [2.05, 4.69) is 0 Å². The van der Waals surface area contributed by atoms with E-state index in [0.717, 1.165) is 0 Å². The molecule has 0 spiro atoms. The molecule has 0 nitrogen and oxygen atoms in total. The molecule has 11 heavy (non-hydrogen) atoms. The van der Waals surface area contributed by atoms with Crippen molar-refractivity contribution in [2.75, 3.05) is 0 Å². The Bertz CT molecular complexity index is 172. The molecule has 5 saturated carbocycles. The van der Waals surface area contributed by atoms with Crippen molar-refractivity contribution >= 4 is 0 Å². The van der Waals surface area contributed by atoms with Gasteiger partial charge in [0.15, 0.2) is 0 Å². The van der Waals surface area contributed by atoms with Crippen LogP contribution in [0.1, 0.15) is 32.1 Å². The van der Waals surface area contributed by atoms with E-state index in [0.29, 0.717) is 0 Å². The molecule has 5 aliphatic rings. The minimum atomic E-state index is 1.19. The first-order chi connectivity index (χ1) is 5.43. The van der Waals surface area contributed by atoms with Gasteiger partial charge < -0.3 is 0 Å². The van der Waals surface area contributed by atoms with Crippen LogP contribution in [0.2, 0.25) is 0 Å². The topological polar surface area (TPSA) is 0 Å². The highest BCUT2D eigenvalue weighted by atomic mass is 14.7. The quantitative estimate of drug-likeness (QED) is 0.495. The van der Waals surface area contributed by atoms with Crippen LogP contribution in [0.5, 0.6) is 0 Å². The van der Waals surface area contributed by atoms with Crippen molar-refractivity contribution in [3.63, 3.8) is 0 Å². The average Bonchev–Trinajstić information content (AvgIpc) is 2.61. The summed E-state index contributed by atoms with van der Waals surface area (Å²) in [6.07, 6.45) is 8.15. The van der Waals surface area contributed by atoms with Crippen molar-refractivity contribution in [2.45, 2.75) is 32.1 Å². The fourth-order valence-electron chi connectivity index (χ4n) is 5.32. The third kappa shape index (κ3) is 0.467. The molecule has 0 amide bonds. The lowest BCUT2D eigenvalue weighted by molar-refractivity contribution is 0.203. The average molecular weight is 148 g/mol. The van der Waals surface area contributed by atoms with Gasteiger partial charge in [-0.25, -0.2) is 0 Å². The largest absolute Gasteiger partial charge is 0.0496 e. The summed E-state index contributed by atoms with van der Waals surface area (Å²) < 4.78 is 0. The molecule has 4 atom stereocenters. The maximum absolute atomic E-state index is 1.64. The molecular formula is C11H16. The van der Waals surface area contributed by atoms with Gasteiger partial charge in [0.2, 0.25) is 0 Å². The molecule has 0 aromatic carbocycles. The van der Waals surface area contributed by atoms with Crippen LogP contribution in [0.25, 0.3) is 0 Å². The molecule has 0 radical (unpaired) electrons. The third-order valence-corrected chi connectivity index (χ3v) is 5.40. The zero-order valence-electron chi connectivity index (χ0n) is 7.00. The van der Waals surface area contributed by atoms with E-state index in [-0.39, 0.29) is 0 Å². The van der Waals surface area contributed by atoms with Crippen LogP contribution >= 0.6 is 0 Å². The molecule has 0 heterocycles. The van der Waals surface area contributed by atoms with Crippen LogP contribution in [0.15, 0.2) is 0 Å². The molecule has 60 valence electrons. The summed E-state index contributed by atoms with van der Waals surface area (Å²) in [5, 5.41) is 0. The van der Waals surface area contributed by atoms with Crippen molar-refractivity contribution in [3.05, 3.63) is 0 Å². The fraction of sp³-hybridized carbons (Fsp3) is 1.00. The predicted octanol–water partition coefficient (Wildman–Crippen LogP) is 2.69. The minimum Gasteiger partial charge on any atom is -0.0496 e. The van der Waals surface area contributed by atoms with Crippen LogP contribution in [-0.2, 0) is 0 Å². The second-order valence-electron chi connectivity index (χ2n) is 5.47. The van der Waals surface area contributed by atoms with Gasteiger partial charge in [0.25, 0.3) is 0 Å². The smallest absolute Gasteiger partial charge is 0.0349 e. The summed E-state index contributed by atoms with van der Waals surface area (Å²) >= 11 is 0. The van der Waals surface area contributed by atoms with E-state index >= 15 is 0 Å². The van der Waals surface area contributed by atoms with E-state index in [1.807, 2.05) is 0 Å². The monoisotopic (exact) mass is 148 g/mol. The van der Waals surface area contributed by atoms with Crippen LogP contribution in [0, 0.1) is 35.5 Å². The van der Waals surface area contributed by atoms with Gasteiger partial charge in [0.1, 0.15) is 0 Å². The Kier molecular flexibility index (Phi) is 0.781. The van der Waals surface area contributed by atoms with Crippen molar-refractivity contribution in [1.29, 1.82) is 0 Å². The zero-order valence-corrected chi connectivity index (χ0v) is 7.00. The molecule has 0 aromatic heterocycles. The number of hydrogen-bond donors (Lipinski definition) is 0. The molecule has 0 saturated heterocycles. The molecule has 0 aliphatic heterocycles. The highest BCUT2D eigenvalue weighted by molar-refractivity contribution is 5.10. The van der Waals surface area contributed by atoms with Crippen LogP contribution in [-0.4, -0.2) is 0 Å². The molecule has 4 unspecified atom stereocenters. The molecule has 5 rings (SSSR count). The normalized spacial score (nSPS) is 69.8. The second-order valence-corrected chi connectivity index (χ2v) is 5.47. The van der Waals surface area contributed by atoms with Gasteiger partial charge in [-0.05, 0) is 67.6 Å². The summed E-state index contributed by atoms with van der Waals surface area (Å²) in [7, 11) is 0. The lowest BCUT2D eigenvalue weighted by atomic mass is 9.76. The predicted molar refractivity (Wildman–Crippen MR) is 44.0 cm³/mol. The molecule has 5 fully saturated rings. The first kappa shape index (κ1) is 5.61. The molecule has 6 bridgehead atoms. The van der Waals surface area contributed by atoms with Crippen molar-refractivity contribution in [3.8, 4) is 0 Å². The highest BCUT2D eigenvalue weighted by Gasteiger charge is 2.61. The minimum absolute atomic E-state index is 1.19. The molecular weight excluding hydrogens is 132 g/mol. The van der Waals surface area contributed by atoms with E-state index in [1.165, 1.54) is 35.5 Å². The van der Waals surface area contributed by atoms with Gasteiger partial charge in [-0.3, -0.25) is 0 Å². The second kappa shape index (κ2) is 1.53. The van der Waals surface area contributed by atoms with E-state index in [1.54, 1.807) is 32.1 Å². The Balaban J connectivity index is 1.88. The molecule has 0 N–H and O–H groups in total. The van der Waals surface area contributed by atoms with E-state index in [4.69, 9.17) is 0 Å². The molecule has 0 heteroatoms. The molecule has 5 aliphatic carbocycles. The highest BCUT2D eigenvalue weighted by Crippen LogP contribution is 2.69. The third-order valence-electron chi connectivity index (χ3n) is 5.40. The summed E-state index contributed by atoms with van der Waals surface area (Å²) in [5.41, 5.74) is 0. The summed E-state index contributed by atoms with van der Waals surface area (Å²) in [6, 6.07) is 0. The maximum Gasteiger partial charge on any atom is -0.0349 e. The standard InChI is InChI=1S/C11H16/c1-2-8-9-3-6-4-10(7(1)9)11(8)5-6/h6-11H,1-5H2. The lowest BCUT2D eigenvalue weighted by Gasteiger charge is -2.29. The van der Waals surface area contributed by atoms with E-state index in [9.17, 15) is 0 Å². The summed E-state index contributed by atoms with van der Waals surface area (Å²) in [4.78, 5) is 0. The summed E-state index contributed by atoms with van der Waals surface area (Å²) in [6.45, 7) is 0. The van der Waals surface area contributed by atoms with Gasteiger partial charge >= 0.3 is 0 Å². The van der Waals surface area contributed by atoms with Crippen LogP contribution in [0.3, 0.4) is 0 Å². The van der Waals surface area contributed by atoms with Crippen LogP contribution < -0.4 is 0 Å². The summed E-state index contributed by atoms with van der Waals surface area (Å²) in [5.74, 6) is 7.35. The Labute approximate surface area is 68.4 Å². The van der Waals surface area contributed by atoms with Gasteiger partial charge in [-0.15, -0.1) is 0 Å². The van der Waals surface area contributed by atoms with Gasteiger partial charge in [-0.2, -0.15) is 0 Å². The Morgan fingerprint density at radius 1 is 0.545 bits per heavy atom. The lowest BCUT2D eigenvalue weighted by Crippen LogP contribution is -2.21. The van der Waals surface area contributed by atoms with Crippen LogP contribution in [0.4, 0.5) is 0 Å². The van der Waals surface area contributed by atoms with Crippen molar-refractivity contribution < 1.29 is 0 Å². The maximum atomic E-state index is 1.64. The van der Waals surface area contributed by atoms with Gasteiger partial charge in [0, 0.05) is 0 Å². The Morgan fingerprint density at radius 2 is 1.00 bits per heavy atom. The fourth-order valence-corrected chi connectivity index (χ4v) is 5.32.